The van der Waals surface area contributed by atoms with Gasteiger partial charge in [0.2, 0.25) is 0 Å². The summed E-state index contributed by atoms with van der Waals surface area (Å²) in [5.74, 6) is 1.08. The fraction of sp³-hybridized carbons (Fsp3) is 1.00. The van der Waals surface area contributed by atoms with Crippen molar-refractivity contribution in [2.24, 2.45) is 11.7 Å². The van der Waals surface area contributed by atoms with Crippen molar-refractivity contribution >= 4 is 9.84 Å². The molecule has 0 heterocycles. The van der Waals surface area contributed by atoms with E-state index >= 15 is 0 Å². The second-order valence-electron chi connectivity index (χ2n) is 4.86. The average molecular weight is 262 g/mol. The van der Waals surface area contributed by atoms with Gasteiger partial charge in [-0.1, -0.05) is 20.3 Å². The molecule has 0 aromatic carbocycles. The first-order valence-electron chi connectivity index (χ1n) is 6.68. The van der Waals surface area contributed by atoms with Gasteiger partial charge in [0.1, 0.15) is 0 Å². The molecule has 0 amide bonds. The Hall–Kier alpha value is -0.130. The zero-order valence-corrected chi connectivity index (χ0v) is 11.9. The van der Waals surface area contributed by atoms with Crippen molar-refractivity contribution in [2.45, 2.75) is 39.2 Å². The zero-order chi connectivity index (χ0) is 12.9. The third-order valence-corrected chi connectivity index (χ3v) is 5.61. The summed E-state index contributed by atoms with van der Waals surface area (Å²) in [6.07, 6.45) is 3.59. The molecule has 2 unspecified atom stereocenters. The molecule has 0 spiro atoms. The second kappa shape index (κ2) is 6.71. The van der Waals surface area contributed by atoms with E-state index in [9.17, 15) is 8.42 Å². The molecule has 0 bridgehead atoms. The predicted octanol–water partition coefficient (Wildman–Crippen LogP) is 0.870. The van der Waals surface area contributed by atoms with Crippen LogP contribution in [0.2, 0.25) is 0 Å². The van der Waals surface area contributed by atoms with E-state index < -0.39 is 9.84 Å². The number of hydrogen-bond acceptors (Lipinski definition) is 4. The third-order valence-electron chi connectivity index (χ3n) is 3.93. The lowest BCUT2D eigenvalue weighted by atomic mass is 10.0. The fourth-order valence-corrected chi connectivity index (χ4v) is 3.53. The van der Waals surface area contributed by atoms with E-state index in [1.165, 1.54) is 19.3 Å². The molecule has 0 aromatic rings. The Morgan fingerprint density at radius 2 is 2.00 bits per heavy atom. The number of hydrogen-bond donors (Lipinski definition) is 1. The highest BCUT2D eigenvalue weighted by Crippen LogP contribution is 2.29. The Balaban J connectivity index is 2.53. The summed E-state index contributed by atoms with van der Waals surface area (Å²) in [6.45, 7) is 6.12. The molecule has 1 rings (SSSR count). The third kappa shape index (κ3) is 4.23. The summed E-state index contributed by atoms with van der Waals surface area (Å²) < 4.78 is 23.1. The Morgan fingerprint density at radius 1 is 1.29 bits per heavy atom. The summed E-state index contributed by atoms with van der Waals surface area (Å²) in [5.41, 5.74) is 5.78. The molecular weight excluding hydrogens is 236 g/mol. The van der Waals surface area contributed by atoms with E-state index in [4.69, 9.17) is 5.73 Å². The van der Waals surface area contributed by atoms with Crippen LogP contribution in [0.4, 0.5) is 0 Å². The van der Waals surface area contributed by atoms with E-state index in [0.29, 0.717) is 18.5 Å². The van der Waals surface area contributed by atoms with Gasteiger partial charge in [0, 0.05) is 18.3 Å². The Kier molecular flexibility index (Phi) is 5.89. The molecular formula is C12H26N2O2S. The predicted molar refractivity (Wildman–Crippen MR) is 71.8 cm³/mol. The van der Waals surface area contributed by atoms with Gasteiger partial charge in [-0.25, -0.2) is 8.42 Å². The minimum Gasteiger partial charge on any atom is -0.330 e. The second-order valence-corrected chi connectivity index (χ2v) is 7.33. The van der Waals surface area contributed by atoms with Crippen molar-refractivity contribution in [1.29, 1.82) is 0 Å². The molecule has 2 N–H and O–H groups in total. The lowest BCUT2D eigenvalue weighted by molar-refractivity contribution is 0.180. The molecule has 17 heavy (non-hydrogen) atoms. The largest absolute Gasteiger partial charge is 0.330 e. The number of rotatable bonds is 7. The van der Waals surface area contributed by atoms with Crippen LogP contribution in [0, 0.1) is 5.92 Å². The van der Waals surface area contributed by atoms with E-state index in [1.807, 2.05) is 0 Å². The highest BCUT2D eigenvalue weighted by molar-refractivity contribution is 7.91. The van der Waals surface area contributed by atoms with Crippen LogP contribution in [0.5, 0.6) is 0 Å². The van der Waals surface area contributed by atoms with Crippen LogP contribution in [0.1, 0.15) is 33.1 Å². The van der Waals surface area contributed by atoms with Crippen molar-refractivity contribution in [2.75, 3.05) is 31.1 Å². The number of nitrogens with zero attached hydrogens (tertiary/aromatic N) is 1. The van der Waals surface area contributed by atoms with Crippen molar-refractivity contribution in [3.05, 3.63) is 0 Å². The van der Waals surface area contributed by atoms with Crippen LogP contribution >= 0.6 is 0 Å². The average Bonchev–Trinajstić information content (AvgIpc) is 2.78. The highest BCUT2D eigenvalue weighted by atomic mass is 32.2. The first-order chi connectivity index (χ1) is 8.04. The monoisotopic (exact) mass is 262 g/mol. The summed E-state index contributed by atoms with van der Waals surface area (Å²) in [7, 11) is -2.85. The maximum atomic E-state index is 11.5. The van der Waals surface area contributed by atoms with Gasteiger partial charge < -0.3 is 5.73 Å². The van der Waals surface area contributed by atoms with Gasteiger partial charge in [0.05, 0.1) is 5.75 Å². The molecule has 1 aliphatic carbocycles. The lowest BCUT2D eigenvalue weighted by Crippen LogP contribution is -2.42. The topological polar surface area (TPSA) is 63.4 Å². The Labute approximate surface area is 105 Å². The van der Waals surface area contributed by atoms with Crippen molar-refractivity contribution < 1.29 is 8.42 Å². The van der Waals surface area contributed by atoms with E-state index in [2.05, 4.69) is 11.8 Å². The van der Waals surface area contributed by atoms with Crippen LogP contribution in [-0.4, -0.2) is 50.5 Å². The minimum atomic E-state index is -2.85. The maximum Gasteiger partial charge on any atom is 0.151 e. The lowest BCUT2D eigenvalue weighted by Gasteiger charge is -2.31. The van der Waals surface area contributed by atoms with Crippen LogP contribution in [0.25, 0.3) is 0 Å². The van der Waals surface area contributed by atoms with Gasteiger partial charge in [-0.15, -0.1) is 0 Å². The van der Waals surface area contributed by atoms with Gasteiger partial charge in [-0.2, -0.15) is 0 Å². The standard InChI is InChI=1S/C12H26N2O2S/c1-3-14(8-9-17(15,16)4-2)12-7-5-6-11(12)10-13/h11-12H,3-10,13H2,1-2H3. The van der Waals surface area contributed by atoms with Crippen molar-refractivity contribution in [1.82, 2.24) is 4.90 Å². The molecule has 1 aliphatic rings. The molecule has 0 aliphatic heterocycles. The van der Waals surface area contributed by atoms with Gasteiger partial charge in [-0.05, 0) is 31.8 Å². The molecule has 1 saturated carbocycles. The van der Waals surface area contributed by atoms with E-state index in [1.54, 1.807) is 6.92 Å². The molecule has 1 fully saturated rings. The Morgan fingerprint density at radius 3 is 2.53 bits per heavy atom. The SMILES string of the molecule is CCN(CCS(=O)(=O)CC)C1CCCC1CN. The maximum absolute atomic E-state index is 11.5. The quantitative estimate of drug-likeness (QED) is 0.739. The van der Waals surface area contributed by atoms with Crippen molar-refractivity contribution in [3.63, 3.8) is 0 Å². The molecule has 2 atom stereocenters. The van der Waals surface area contributed by atoms with Crippen LogP contribution < -0.4 is 5.73 Å². The van der Waals surface area contributed by atoms with Crippen LogP contribution in [-0.2, 0) is 9.84 Å². The molecule has 0 aromatic heterocycles. The van der Waals surface area contributed by atoms with Crippen LogP contribution in [0.3, 0.4) is 0 Å². The van der Waals surface area contributed by atoms with Crippen LogP contribution in [0.15, 0.2) is 0 Å². The van der Waals surface area contributed by atoms with E-state index in [0.717, 1.165) is 13.1 Å². The molecule has 0 saturated heterocycles. The van der Waals surface area contributed by atoms with Gasteiger partial charge >= 0.3 is 0 Å². The Bertz CT molecular complexity index is 316. The summed E-state index contributed by atoms with van der Waals surface area (Å²) in [4.78, 5) is 2.30. The molecule has 5 heteroatoms. The zero-order valence-electron chi connectivity index (χ0n) is 11.1. The van der Waals surface area contributed by atoms with Gasteiger partial charge in [0.15, 0.2) is 9.84 Å². The number of nitrogens with two attached hydrogens (primary N) is 1. The fourth-order valence-electron chi connectivity index (χ4n) is 2.73. The van der Waals surface area contributed by atoms with Gasteiger partial charge in [0.25, 0.3) is 0 Å². The minimum absolute atomic E-state index is 0.246. The normalized spacial score (nSPS) is 25.6. The first-order valence-corrected chi connectivity index (χ1v) is 8.50. The van der Waals surface area contributed by atoms with E-state index in [-0.39, 0.29) is 11.5 Å². The van der Waals surface area contributed by atoms with Gasteiger partial charge in [-0.3, -0.25) is 4.90 Å². The van der Waals surface area contributed by atoms with Crippen molar-refractivity contribution in [3.8, 4) is 0 Å². The summed E-state index contributed by atoms with van der Waals surface area (Å²) in [6, 6.07) is 0.497. The molecule has 102 valence electrons. The first kappa shape index (κ1) is 14.9. The molecule has 0 radical (unpaired) electrons. The molecule has 4 nitrogen and oxygen atoms in total. The highest BCUT2D eigenvalue weighted by Gasteiger charge is 2.30. The number of sulfone groups is 1. The smallest absolute Gasteiger partial charge is 0.151 e. The summed E-state index contributed by atoms with van der Waals surface area (Å²) in [5, 5.41) is 0. The summed E-state index contributed by atoms with van der Waals surface area (Å²) >= 11 is 0.